The number of hydrogen-bond donors (Lipinski definition) is 1. The second kappa shape index (κ2) is 13.8. The van der Waals surface area contributed by atoms with Crippen molar-refractivity contribution in [1.29, 1.82) is 5.26 Å². The zero-order valence-electron chi connectivity index (χ0n) is 25.5. The van der Waals surface area contributed by atoms with E-state index in [9.17, 15) is 14.0 Å². The number of aromatic nitrogens is 1. The summed E-state index contributed by atoms with van der Waals surface area (Å²) in [4.78, 5) is 41.5. The van der Waals surface area contributed by atoms with E-state index in [1.54, 1.807) is 29.3 Å². The van der Waals surface area contributed by atoms with Gasteiger partial charge in [0.25, 0.3) is 0 Å². The first-order valence-electron chi connectivity index (χ1n) is 14.7. The molecule has 6 rings (SSSR count). The highest BCUT2D eigenvalue weighted by Gasteiger charge is 2.41. The van der Waals surface area contributed by atoms with E-state index in [-0.39, 0.29) is 29.2 Å². The number of piperazine rings is 1. The summed E-state index contributed by atoms with van der Waals surface area (Å²) in [5.41, 5.74) is 2.41. The van der Waals surface area contributed by atoms with Gasteiger partial charge in [-0.1, -0.05) is 29.5 Å². The van der Waals surface area contributed by atoms with Gasteiger partial charge in [-0.05, 0) is 30.3 Å². The van der Waals surface area contributed by atoms with Crippen LogP contribution in [0.3, 0.4) is 0 Å². The van der Waals surface area contributed by atoms with Crippen LogP contribution in [0.25, 0.3) is 0 Å². The molecule has 14 heteroatoms. The molecule has 3 aromatic rings. The van der Waals surface area contributed by atoms with Crippen LogP contribution in [-0.4, -0.2) is 97.0 Å². The molecule has 47 heavy (non-hydrogen) atoms. The smallest absolute Gasteiger partial charge is 0.338 e. The summed E-state index contributed by atoms with van der Waals surface area (Å²) >= 11 is 7.87. The van der Waals surface area contributed by atoms with Crippen molar-refractivity contribution in [3.63, 3.8) is 0 Å². The average molecular weight is 674 g/mol. The molecular formula is C33H29ClFN7O4S. The standard InChI is InChI=1S/C33H29ClFN7O4S/c1-45-27-14-20(16-36)5-6-21(27)4-3-10-41-18-23-17-40(11-12-42(23)33(41)44)19-26-28(32(43)46-2)29(24-8-7-22(35)15-25(24)34)39-30(38-26)31-37-9-13-47-31/h5-9,13-15,23,29H,10-12,17-19H2,1-2H3,(H,38,39)/t23-,29-/m0/s1. The molecule has 1 aromatic heterocycles. The van der Waals surface area contributed by atoms with E-state index in [1.165, 1.54) is 43.8 Å². The number of amidine groups is 1. The highest BCUT2D eigenvalue weighted by molar-refractivity contribution is 7.11. The van der Waals surface area contributed by atoms with Gasteiger partial charge in [0.05, 0.1) is 49.6 Å². The summed E-state index contributed by atoms with van der Waals surface area (Å²) < 4.78 is 24.5. The topological polar surface area (TPSA) is 123 Å². The lowest BCUT2D eigenvalue weighted by Gasteiger charge is -2.38. The number of methoxy groups -OCH3 is 2. The Bertz CT molecular complexity index is 1880. The molecule has 1 N–H and O–H groups in total. The Balaban J connectivity index is 1.21. The number of esters is 1. The number of urea groups is 1. The number of nitriles is 1. The number of nitrogens with zero attached hydrogens (tertiary/aromatic N) is 6. The molecule has 2 saturated heterocycles. The van der Waals surface area contributed by atoms with Crippen LogP contribution in [0.2, 0.25) is 5.02 Å². The minimum absolute atomic E-state index is 0.0785. The van der Waals surface area contributed by atoms with Crippen LogP contribution < -0.4 is 10.1 Å². The zero-order chi connectivity index (χ0) is 33.1. The van der Waals surface area contributed by atoms with Crippen molar-refractivity contribution in [2.75, 3.05) is 53.5 Å². The molecule has 2 amide bonds. The van der Waals surface area contributed by atoms with Crippen LogP contribution in [0.5, 0.6) is 5.75 Å². The van der Waals surface area contributed by atoms with E-state index in [0.29, 0.717) is 71.7 Å². The van der Waals surface area contributed by atoms with E-state index in [2.05, 4.69) is 33.1 Å². The van der Waals surface area contributed by atoms with Crippen molar-refractivity contribution in [3.05, 3.63) is 91.8 Å². The molecule has 0 radical (unpaired) electrons. The fraction of sp³-hybridized carbons (Fsp3) is 0.303. The van der Waals surface area contributed by atoms with Gasteiger partial charge in [0.1, 0.15) is 17.6 Å². The number of amides is 2. The number of rotatable bonds is 7. The number of halogens is 2. The summed E-state index contributed by atoms with van der Waals surface area (Å²) in [7, 11) is 2.82. The van der Waals surface area contributed by atoms with Gasteiger partial charge in [0.2, 0.25) is 0 Å². The monoisotopic (exact) mass is 673 g/mol. The molecule has 2 atom stereocenters. The van der Waals surface area contributed by atoms with Gasteiger partial charge in [-0.3, -0.25) is 9.89 Å². The Morgan fingerprint density at radius 1 is 1.21 bits per heavy atom. The third-order valence-corrected chi connectivity index (χ3v) is 9.25. The minimum Gasteiger partial charge on any atom is -0.495 e. The molecule has 0 saturated carbocycles. The molecule has 240 valence electrons. The summed E-state index contributed by atoms with van der Waals surface area (Å²) in [6, 6.07) is 10.1. The first-order valence-corrected chi connectivity index (χ1v) is 15.9. The number of fused-ring (bicyclic) bond motifs is 1. The van der Waals surface area contributed by atoms with Crippen molar-refractivity contribution in [3.8, 4) is 23.7 Å². The fourth-order valence-electron chi connectivity index (χ4n) is 5.90. The third kappa shape index (κ3) is 6.65. The van der Waals surface area contributed by atoms with Crippen LogP contribution in [0.1, 0.15) is 27.7 Å². The molecule has 2 aromatic carbocycles. The van der Waals surface area contributed by atoms with Gasteiger partial charge in [0, 0.05) is 60.6 Å². The predicted octanol–water partition coefficient (Wildman–Crippen LogP) is 3.81. The van der Waals surface area contributed by atoms with Crippen LogP contribution in [0.4, 0.5) is 9.18 Å². The van der Waals surface area contributed by atoms with Gasteiger partial charge in [-0.2, -0.15) is 5.26 Å². The number of nitrogens with one attached hydrogen (secondary N) is 1. The van der Waals surface area contributed by atoms with Gasteiger partial charge >= 0.3 is 12.0 Å². The maximum Gasteiger partial charge on any atom is 0.338 e. The van der Waals surface area contributed by atoms with Crippen molar-refractivity contribution in [2.45, 2.75) is 12.1 Å². The number of carbonyl (C=O) groups excluding carboxylic acids is 2. The SMILES string of the molecule is COC(=O)C1=C(CN2CCN3C(=O)N(CC#Cc4ccc(C#N)cc4OC)C[C@@H]3C2)NC(c2nccs2)=N[C@H]1c1ccc(F)cc1Cl. The van der Waals surface area contributed by atoms with Gasteiger partial charge in [-0.15, -0.1) is 11.3 Å². The van der Waals surface area contributed by atoms with Crippen molar-refractivity contribution in [1.82, 2.24) is 25.0 Å². The third-order valence-electron chi connectivity index (χ3n) is 8.14. The highest BCUT2D eigenvalue weighted by Crippen LogP contribution is 2.37. The molecule has 0 spiro atoms. The van der Waals surface area contributed by atoms with E-state index < -0.39 is 17.8 Å². The Kier molecular flexibility index (Phi) is 9.41. The number of carbonyl (C=O) groups is 2. The van der Waals surface area contributed by atoms with Crippen LogP contribution in [0, 0.1) is 29.0 Å². The van der Waals surface area contributed by atoms with Crippen LogP contribution >= 0.6 is 22.9 Å². The summed E-state index contributed by atoms with van der Waals surface area (Å²) in [5.74, 6) is 6.01. The number of benzene rings is 2. The quantitative estimate of drug-likeness (QED) is 0.297. The molecular weight excluding hydrogens is 645 g/mol. The maximum absolute atomic E-state index is 14.0. The Morgan fingerprint density at radius 2 is 2.06 bits per heavy atom. The number of aliphatic imine (C=N–C) groups is 1. The highest BCUT2D eigenvalue weighted by atomic mass is 35.5. The minimum atomic E-state index is -0.858. The summed E-state index contributed by atoms with van der Waals surface area (Å²) in [6.45, 7) is 2.69. The summed E-state index contributed by atoms with van der Waals surface area (Å²) in [6.07, 6.45) is 1.66. The van der Waals surface area contributed by atoms with Crippen LogP contribution in [-0.2, 0) is 9.53 Å². The van der Waals surface area contributed by atoms with Gasteiger partial charge in [0.15, 0.2) is 10.8 Å². The normalized spacial score (nSPS) is 19.3. The van der Waals surface area contributed by atoms with Crippen LogP contribution in [0.15, 0.2) is 64.2 Å². The Labute approximate surface area is 279 Å². The second-order valence-corrected chi connectivity index (χ2v) is 12.3. The first-order chi connectivity index (χ1) is 22.8. The van der Waals surface area contributed by atoms with Crippen molar-refractivity contribution < 1.29 is 23.5 Å². The molecule has 2 fully saturated rings. The Hall–Kier alpha value is -4.95. The van der Waals surface area contributed by atoms with Crippen molar-refractivity contribution in [2.24, 2.45) is 4.99 Å². The molecule has 0 bridgehead atoms. The van der Waals surface area contributed by atoms with Gasteiger partial charge < -0.3 is 24.6 Å². The van der Waals surface area contributed by atoms with Gasteiger partial charge in [-0.25, -0.2) is 19.0 Å². The largest absolute Gasteiger partial charge is 0.495 e. The lowest BCUT2D eigenvalue weighted by atomic mass is 9.95. The first kappa shape index (κ1) is 32.0. The molecule has 0 aliphatic carbocycles. The van der Waals surface area contributed by atoms with E-state index in [0.717, 1.165) is 0 Å². The second-order valence-electron chi connectivity index (χ2n) is 11.0. The fourth-order valence-corrected chi connectivity index (χ4v) is 6.76. The number of hydrogen-bond acceptors (Lipinski definition) is 10. The number of ether oxygens (including phenoxy) is 2. The predicted molar refractivity (Wildman–Crippen MR) is 173 cm³/mol. The molecule has 4 heterocycles. The molecule has 3 aliphatic rings. The lowest BCUT2D eigenvalue weighted by molar-refractivity contribution is -0.136. The lowest BCUT2D eigenvalue weighted by Crippen LogP contribution is -2.53. The van der Waals surface area contributed by atoms with E-state index in [4.69, 9.17) is 31.3 Å². The molecule has 3 aliphatic heterocycles. The van der Waals surface area contributed by atoms with Crippen molar-refractivity contribution >= 4 is 40.8 Å². The summed E-state index contributed by atoms with van der Waals surface area (Å²) in [5, 5.41) is 15.0. The maximum atomic E-state index is 14.0. The zero-order valence-corrected chi connectivity index (χ0v) is 27.1. The number of thiazole rings is 1. The van der Waals surface area contributed by atoms with E-state index in [1.807, 2.05) is 10.3 Å². The van der Waals surface area contributed by atoms with E-state index >= 15 is 0 Å². The average Bonchev–Trinajstić information content (AvgIpc) is 3.72. The molecule has 11 nitrogen and oxygen atoms in total. The Morgan fingerprint density at radius 3 is 2.79 bits per heavy atom. The molecule has 0 unspecified atom stereocenters.